The maximum atomic E-state index is 12.6. The highest BCUT2D eigenvalue weighted by atomic mass is 32.1. The van der Waals surface area contributed by atoms with E-state index >= 15 is 0 Å². The smallest absolute Gasteiger partial charge is 0.399 e. The standard InChI is InChI=1S/C18H23BN2O4S/c1-17(2)18(3,4)25-19(24-17)12-5-6-13-14(11-12)26-15(20-13)16(22)21-7-9-23-10-8-21/h5-6,11H,7-10H2,1-4H3. The van der Waals surface area contributed by atoms with Crippen molar-refractivity contribution in [2.24, 2.45) is 0 Å². The molecule has 0 unspecified atom stereocenters. The van der Waals surface area contributed by atoms with Gasteiger partial charge in [0.2, 0.25) is 0 Å². The molecule has 2 saturated heterocycles. The summed E-state index contributed by atoms with van der Waals surface area (Å²) in [6.45, 7) is 10.6. The lowest BCUT2D eigenvalue weighted by Crippen LogP contribution is -2.41. The van der Waals surface area contributed by atoms with Gasteiger partial charge in [-0.2, -0.15) is 0 Å². The Balaban J connectivity index is 1.59. The molecule has 2 aromatic rings. The highest BCUT2D eigenvalue weighted by Gasteiger charge is 2.51. The number of rotatable bonds is 2. The monoisotopic (exact) mass is 374 g/mol. The van der Waals surface area contributed by atoms with Crippen LogP contribution in [0.4, 0.5) is 0 Å². The van der Waals surface area contributed by atoms with Crippen LogP contribution in [0.25, 0.3) is 10.2 Å². The quantitative estimate of drug-likeness (QED) is 0.754. The molecule has 138 valence electrons. The first-order chi connectivity index (χ1) is 12.3. The first-order valence-electron chi connectivity index (χ1n) is 8.90. The number of carbonyl (C=O) groups excluding carboxylic acids is 1. The summed E-state index contributed by atoms with van der Waals surface area (Å²) in [7, 11) is -0.412. The van der Waals surface area contributed by atoms with Crippen LogP contribution in [0.1, 0.15) is 37.5 Å². The molecule has 2 aliphatic heterocycles. The van der Waals surface area contributed by atoms with E-state index in [0.717, 1.165) is 15.7 Å². The van der Waals surface area contributed by atoms with Crippen molar-refractivity contribution in [1.82, 2.24) is 9.88 Å². The number of thiazole rings is 1. The molecule has 0 N–H and O–H groups in total. The topological polar surface area (TPSA) is 60.9 Å². The summed E-state index contributed by atoms with van der Waals surface area (Å²) in [6.07, 6.45) is 0. The minimum Gasteiger partial charge on any atom is -0.399 e. The molecule has 0 spiro atoms. The van der Waals surface area contributed by atoms with Crippen LogP contribution in [-0.4, -0.2) is 60.4 Å². The molecule has 0 aliphatic carbocycles. The van der Waals surface area contributed by atoms with Gasteiger partial charge in [0, 0.05) is 13.1 Å². The molecule has 4 rings (SSSR count). The molecule has 2 fully saturated rings. The maximum Gasteiger partial charge on any atom is 0.494 e. The minimum atomic E-state index is -0.412. The Morgan fingerprint density at radius 3 is 2.46 bits per heavy atom. The van der Waals surface area contributed by atoms with Crippen molar-refractivity contribution in [3.63, 3.8) is 0 Å². The fourth-order valence-electron chi connectivity index (χ4n) is 3.06. The molecular formula is C18H23BN2O4S. The molecule has 0 bridgehead atoms. The first kappa shape index (κ1) is 17.9. The Morgan fingerprint density at radius 1 is 1.15 bits per heavy atom. The summed E-state index contributed by atoms with van der Waals surface area (Å²) < 4.78 is 18.5. The second-order valence-corrected chi connectivity index (χ2v) is 8.77. The third-order valence-electron chi connectivity index (χ3n) is 5.42. The van der Waals surface area contributed by atoms with Crippen LogP contribution < -0.4 is 5.46 Å². The van der Waals surface area contributed by atoms with Crippen molar-refractivity contribution in [2.45, 2.75) is 38.9 Å². The number of hydrogen-bond donors (Lipinski definition) is 0. The van der Waals surface area contributed by atoms with Crippen molar-refractivity contribution in [2.75, 3.05) is 26.3 Å². The summed E-state index contributed by atoms with van der Waals surface area (Å²) in [5.41, 5.74) is 1.02. The lowest BCUT2D eigenvalue weighted by molar-refractivity contribution is 0.00578. The normalized spacial score (nSPS) is 22.2. The van der Waals surface area contributed by atoms with Crippen LogP contribution >= 0.6 is 11.3 Å². The fourth-order valence-corrected chi connectivity index (χ4v) is 4.04. The first-order valence-corrected chi connectivity index (χ1v) is 9.72. The van der Waals surface area contributed by atoms with Gasteiger partial charge in [-0.25, -0.2) is 4.98 Å². The highest BCUT2D eigenvalue weighted by Crippen LogP contribution is 2.36. The van der Waals surface area contributed by atoms with E-state index in [-0.39, 0.29) is 17.1 Å². The van der Waals surface area contributed by atoms with E-state index in [1.807, 2.05) is 45.9 Å². The average Bonchev–Trinajstić information content (AvgIpc) is 3.12. The molecule has 0 atom stereocenters. The van der Waals surface area contributed by atoms with Gasteiger partial charge in [0.1, 0.15) is 0 Å². The van der Waals surface area contributed by atoms with Crippen LogP contribution in [0.15, 0.2) is 18.2 Å². The van der Waals surface area contributed by atoms with E-state index in [1.165, 1.54) is 11.3 Å². The van der Waals surface area contributed by atoms with Gasteiger partial charge in [0.25, 0.3) is 5.91 Å². The summed E-state index contributed by atoms with van der Waals surface area (Å²) in [5.74, 6) is -0.0216. The molecule has 1 aromatic heterocycles. The van der Waals surface area contributed by atoms with Gasteiger partial charge < -0.3 is 18.9 Å². The van der Waals surface area contributed by atoms with Gasteiger partial charge in [-0.3, -0.25) is 4.79 Å². The molecule has 0 radical (unpaired) electrons. The summed E-state index contributed by atoms with van der Waals surface area (Å²) in [6, 6.07) is 5.92. The van der Waals surface area contributed by atoms with Crippen LogP contribution in [0.2, 0.25) is 0 Å². The van der Waals surface area contributed by atoms with Gasteiger partial charge in [-0.1, -0.05) is 6.07 Å². The summed E-state index contributed by atoms with van der Waals surface area (Å²) in [5, 5.41) is 0.521. The third-order valence-corrected chi connectivity index (χ3v) is 6.43. The van der Waals surface area contributed by atoms with E-state index in [9.17, 15) is 4.79 Å². The Bertz CT molecular complexity index is 829. The second kappa shape index (κ2) is 6.30. The SMILES string of the molecule is CC1(C)OB(c2ccc3nc(C(=O)N4CCOCC4)sc3c2)OC1(C)C. The van der Waals surface area contributed by atoms with Gasteiger partial charge in [0.05, 0.1) is 34.6 Å². The number of aromatic nitrogens is 1. The molecule has 6 nitrogen and oxygen atoms in total. The van der Waals surface area contributed by atoms with Crippen molar-refractivity contribution in [1.29, 1.82) is 0 Å². The van der Waals surface area contributed by atoms with Crippen LogP contribution in [0.5, 0.6) is 0 Å². The molecule has 3 heterocycles. The number of benzene rings is 1. The number of hydrogen-bond acceptors (Lipinski definition) is 6. The fraction of sp³-hybridized carbons (Fsp3) is 0.556. The van der Waals surface area contributed by atoms with Gasteiger partial charge >= 0.3 is 7.12 Å². The van der Waals surface area contributed by atoms with Crippen molar-refractivity contribution < 1.29 is 18.8 Å². The van der Waals surface area contributed by atoms with Gasteiger partial charge in [0.15, 0.2) is 5.01 Å². The zero-order valence-corrected chi connectivity index (χ0v) is 16.4. The molecule has 1 amide bonds. The third kappa shape index (κ3) is 3.05. The maximum absolute atomic E-state index is 12.6. The number of nitrogens with zero attached hydrogens (tertiary/aromatic N) is 2. The van der Waals surface area contributed by atoms with E-state index in [0.29, 0.717) is 31.3 Å². The predicted octanol–water partition coefficient (Wildman–Crippen LogP) is 2.07. The van der Waals surface area contributed by atoms with Crippen molar-refractivity contribution in [3.05, 3.63) is 23.2 Å². The van der Waals surface area contributed by atoms with Gasteiger partial charge in [-0.15, -0.1) is 11.3 Å². The molecule has 8 heteroatoms. The molecule has 0 saturated carbocycles. The number of fused-ring (bicyclic) bond motifs is 1. The van der Waals surface area contributed by atoms with Gasteiger partial charge in [-0.05, 0) is 45.3 Å². The number of ether oxygens (including phenoxy) is 1. The lowest BCUT2D eigenvalue weighted by Gasteiger charge is -2.32. The average molecular weight is 374 g/mol. The second-order valence-electron chi connectivity index (χ2n) is 7.74. The van der Waals surface area contributed by atoms with E-state index in [2.05, 4.69) is 4.98 Å². The lowest BCUT2D eigenvalue weighted by atomic mass is 9.79. The minimum absolute atomic E-state index is 0.0216. The van der Waals surface area contributed by atoms with E-state index < -0.39 is 7.12 Å². The number of amides is 1. The largest absolute Gasteiger partial charge is 0.494 e. The number of morpholine rings is 1. The highest BCUT2D eigenvalue weighted by molar-refractivity contribution is 7.20. The Labute approximate surface area is 157 Å². The molecular weight excluding hydrogens is 351 g/mol. The summed E-state index contributed by atoms with van der Waals surface area (Å²) >= 11 is 1.42. The Kier molecular flexibility index (Phi) is 4.34. The van der Waals surface area contributed by atoms with Crippen LogP contribution in [-0.2, 0) is 14.0 Å². The van der Waals surface area contributed by atoms with Crippen molar-refractivity contribution in [3.8, 4) is 0 Å². The summed E-state index contributed by atoms with van der Waals surface area (Å²) in [4.78, 5) is 19.0. The number of carbonyl (C=O) groups is 1. The van der Waals surface area contributed by atoms with E-state index in [1.54, 1.807) is 4.90 Å². The Hall–Kier alpha value is -1.48. The van der Waals surface area contributed by atoms with Crippen molar-refractivity contribution >= 4 is 40.0 Å². The molecule has 26 heavy (non-hydrogen) atoms. The van der Waals surface area contributed by atoms with Crippen LogP contribution in [0, 0.1) is 0 Å². The van der Waals surface area contributed by atoms with E-state index in [4.69, 9.17) is 14.0 Å². The predicted molar refractivity (Wildman–Crippen MR) is 102 cm³/mol. The molecule has 2 aliphatic rings. The zero-order valence-electron chi connectivity index (χ0n) is 15.6. The Morgan fingerprint density at radius 2 is 1.81 bits per heavy atom. The van der Waals surface area contributed by atoms with Crippen LogP contribution in [0.3, 0.4) is 0 Å². The zero-order chi connectivity index (χ0) is 18.5. The molecule has 1 aromatic carbocycles.